The topological polar surface area (TPSA) is 185 Å². The summed E-state index contributed by atoms with van der Waals surface area (Å²) in [5.41, 5.74) is -0.536. The summed E-state index contributed by atoms with van der Waals surface area (Å²) in [6.07, 6.45) is -9.89. The van der Waals surface area contributed by atoms with E-state index in [-0.39, 0.29) is 19.2 Å². The van der Waals surface area contributed by atoms with Gasteiger partial charge < -0.3 is 54.3 Å². The van der Waals surface area contributed by atoms with Gasteiger partial charge in [-0.2, -0.15) is 0 Å². The van der Waals surface area contributed by atoms with E-state index in [1.165, 1.54) is 0 Å². The Morgan fingerprint density at radius 2 is 1.86 bits per heavy atom. The van der Waals surface area contributed by atoms with E-state index in [4.69, 9.17) is 23.7 Å². The third-order valence-electron chi connectivity index (χ3n) is 6.65. The lowest BCUT2D eigenvalue weighted by Gasteiger charge is -2.41. The van der Waals surface area contributed by atoms with Gasteiger partial charge in [0.15, 0.2) is 12.6 Å². The van der Waals surface area contributed by atoms with Gasteiger partial charge in [-0.25, -0.2) is 4.79 Å². The fraction of sp³-hybridized carbons (Fsp3) is 0.696. The SMILES string of the molecule is CC(CCC1OC(=O)c2ccccc21)OC1OC(COC2OCC(O)(CO)C2O)C(O)C(O)C1O. The molecular weight excluding hydrogens is 468 g/mol. The summed E-state index contributed by atoms with van der Waals surface area (Å²) < 4.78 is 27.4. The van der Waals surface area contributed by atoms with Crippen LogP contribution in [0, 0.1) is 0 Å². The maximum absolute atomic E-state index is 12.0. The molecule has 0 amide bonds. The Balaban J connectivity index is 1.30. The minimum Gasteiger partial charge on any atom is -0.454 e. The zero-order chi connectivity index (χ0) is 25.3. The first-order valence-electron chi connectivity index (χ1n) is 11.5. The molecule has 3 aliphatic rings. The molecule has 196 valence electrons. The van der Waals surface area contributed by atoms with Gasteiger partial charge in [-0.15, -0.1) is 0 Å². The van der Waals surface area contributed by atoms with E-state index in [0.29, 0.717) is 18.4 Å². The minimum atomic E-state index is -1.87. The molecule has 2 saturated heterocycles. The van der Waals surface area contributed by atoms with Crippen molar-refractivity contribution in [2.24, 2.45) is 0 Å². The van der Waals surface area contributed by atoms with Crippen LogP contribution in [-0.2, 0) is 23.7 Å². The van der Waals surface area contributed by atoms with Gasteiger partial charge in [-0.1, -0.05) is 18.2 Å². The highest BCUT2D eigenvalue weighted by Crippen LogP contribution is 2.34. The lowest BCUT2D eigenvalue weighted by molar-refractivity contribution is -0.318. The van der Waals surface area contributed by atoms with E-state index in [9.17, 15) is 35.4 Å². The number of hydrogen-bond acceptors (Lipinski definition) is 12. The van der Waals surface area contributed by atoms with Gasteiger partial charge in [0.05, 0.1) is 31.5 Å². The largest absolute Gasteiger partial charge is 0.454 e. The molecule has 10 unspecified atom stereocenters. The minimum absolute atomic E-state index is 0.352. The molecule has 0 bridgehead atoms. The third-order valence-corrected chi connectivity index (χ3v) is 6.65. The van der Waals surface area contributed by atoms with Crippen molar-refractivity contribution in [2.75, 3.05) is 19.8 Å². The summed E-state index contributed by atoms with van der Waals surface area (Å²) in [7, 11) is 0. The molecule has 0 aliphatic carbocycles. The van der Waals surface area contributed by atoms with Gasteiger partial charge in [0.25, 0.3) is 0 Å². The summed E-state index contributed by atoms with van der Waals surface area (Å²) in [6, 6.07) is 7.13. The van der Waals surface area contributed by atoms with Crippen LogP contribution in [-0.4, -0.2) is 111 Å². The van der Waals surface area contributed by atoms with Crippen molar-refractivity contribution in [1.29, 1.82) is 0 Å². The Morgan fingerprint density at radius 1 is 1.11 bits per heavy atom. The molecular formula is C23H32O12. The van der Waals surface area contributed by atoms with Gasteiger partial charge in [0.2, 0.25) is 0 Å². The number of fused-ring (bicyclic) bond motifs is 1. The van der Waals surface area contributed by atoms with E-state index in [1.807, 2.05) is 12.1 Å². The summed E-state index contributed by atoms with van der Waals surface area (Å²) in [6.45, 7) is 0.285. The fourth-order valence-corrected chi connectivity index (χ4v) is 4.41. The van der Waals surface area contributed by atoms with Gasteiger partial charge in [0, 0.05) is 5.56 Å². The maximum Gasteiger partial charge on any atom is 0.339 e. The lowest BCUT2D eigenvalue weighted by atomic mass is 9.98. The van der Waals surface area contributed by atoms with Crippen LogP contribution >= 0.6 is 0 Å². The van der Waals surface area contributed by atoms with Gasteiger partial charge in [-0.05, 0) is 25.8 Å². The zero-order valence-electron chi connectivity index (χ0n) is 19.2. The Kier molecular flexibility index (Phi) is 8.08. The zero-order valence-corrected chi connectivity index (χ0v) is 19.2. The predicted molar refractivity (Wildman–Crippen MR) is 115 cm³/mol. The number of rotatable bonds is 9. The van der Waals surface area contributed by atoms with Crippen molar-refractivity contribution in [3.05, 3.63) is 35.4 Å². The molecule has 4 rings (SSSR count). The Hall–Kier alpha value is -1.71. The number of aliphatic hydroxyl groups excluding tert-OH is 5. The Morgan fingerprint density at radius 3 is 2.57 bits per heavy atom. The second kappa shape index (κ2) is 10.7. The molecule has 10 atom stereocenters. The molecule has 0 spiro atoms. The number of esters is 1. The number of aliphatic hydroxyl groups is 6. The van der Waals surface area contributed by atoms with Gasteiger partial charge in [-0.3, -0.25) is 0 Å². The third kappa shape index (κ3) is 5.37. The highest BCUT2D eigenvalue weighted by atomic mass is 16.7. The predicted octanol–water partition coefficient (Wildman–Crippen LogP) is -1.65. The quantitative estimate of drug-likeness (QED) is 0.213. The van der Waals surface area contributed by atoms with Crippen molar-refractivity contribution in [2.45, 2.75) is 80.7 Å². The highest BCUT2D eigenvalue weighted by molar-refractivity contribution is 5.93. The van der Waals surface area contributed by atoms with Crippen molar-refractivity contribution in [1.82, 2.24) is 0 Å². The fourth-order valence-electron chi connectivity index (χ4n) is 4.41. The number of hydrogen-bond donors (Lipinski definition) is 6. The van der Waals surface area contributed by atoms with Gasteiger partial charge >= 0.3 is 5.97 Å². The standard InChI is InChI=1S/C23H32O12/c1-11(6-7-14-12-4-2-3-5-13(12)20(29)34-14)33-21-18(27)17(26)16(25)15(35-21)8-31-22-19(28)23(30,9-24)10-32-22/h2-5,11,14-19,21-22,24-28,30H,6-10H2,1H3. The molecule has 3 heterocycles. The van der Waals surface area contributed by atoms with E-state index in [2.05, 4.69) is 0 Å². The number of carbonyl (C=O) groups excluding carboxylic acids is 1. The van der Waals surface area contributed by atoms with Crippen LogP contribution in [0.1, 0.15) is 41.8 Å². The molecule has 1 aromatic rings. The van der Waals surface area contributed by atoms with Crippen LogP contribution in [0.2, 0.25) is 0 Å². The Bertz CT molecular complexity index is 882. The first kappa shape index (κ1) is 26.4. The van der Waals surface area contributed by atoms with Crippen molar-refractivity contribution in [3.8, 4) is 0 Å². The molecule has 2 fully saturated rings. The van der Waals surface area contributed by atoms with Crippen molar-refractivity contribution >= 4 is 5.97 Å². The van der Waals surface area contributed by atoms with E-state index >= 15 is 0 Å². The summed E-state index contributed by atoms with van der Waals surface area (Å²) >= 11 is 0. The molecule has 1 aromatic carbocycles. The summed E-state index contributed by atoms with van der Waals surface area (Å²) in [5, 5.41) is 60.3. The molecule has 3 aliphatic heterocycles. The van der Waals surface area contributed by atoms with Crippen LogP contribution in [0.15, 0.2) is 24.3 Å². The molecule has 0 aromatic heterocycles. The van der Waals surface area contributed by atoms with Crippen LogP contribution in [0.4, 0.5) is 0 Å². The summed E-state index contributed by atoms with van der Waals surface area (Å²) in [5.74, 6) is -0.376. The van der Waals surface area contributed by atoms with Crippen LogP contribution < -0.4 is 0 Å². The maximum atomic E-state index is 12.0. The average Bonchev–Trinajstić information content (AvgIpc) is 3.33. The van der Waals surface area contributed by atoms with Crippen LogP contribution in [0.5, 0.6) is 0 Å². The van der Waals surface area contributed by atoms with Gasteiger partial charge in [0.1, 0.15) is 42.2 Å². The molecule has 0 saturated carbocycles. The molecule has 35 heavy (non-hydrogen) atoms. The average molecular weight is 500 g/mol. The van der Waals surface area contributed by atoms with E-state index < -0.39 is 67.5 Å². The number of ether oxygens (including phenoxy) is 5. The van der Waals surface area contributed by atoms with Crippen LogP contribution in [0.3, 0.4) is 0 Å². The summed E-state index contributed by atoms with van der Waals surface area (Å²) in [4.78, 5) is 12.0. The molecule has 0 radical (unpaired) electrons. The lowest BCUT2D eigenvalue weighted by Crippen LogP contribution is -2.60. The van der Waals surface area contributed by atoms with Crippen molar-refractivity contribution < 1.29 is 59.1 Å². The number of benzene rings is 1. The number of carbonyl (C=O) groups is 1. The van der Waals surface area contributed by atoms with E-state index in [0.717, 1.165) is 5.56 Å². The van der Waals surface area contributed by atoms with Crippen molar-refractivity contribution in [3.63, 3.8) is 0 Å². The monoisotopic (exact) mass is 500 g/mol. The molecule has 12 heteroatoms. The highest BCUT2D eigenvalue weighted by Gasteiger charge is 2.50. The second-order valence-electron chi connectivity index (χ2n) is 9.24. The van der Waals surface area contributed by atoms with Crippen LogP contribution in [0.25, 0.3) is 0 Å². The Labute approximate surface area is 201 Å². The normalized spacial score (nSPS) is 39.9. The second-order valence-corrected chi connectivity index (χ2v) is 9.24. The number of cyclic esters (lactones) is 1. The molecule has 6 N–H and O–H groups in total. The first-order chi connectivity index (χ1) is 16.6. The molecule has 12 nitrogen and oxygen atoms in total. The first-order valence-corrected chi connectivity index (χ1v) is 11.5. The smallest absolute Gasteiger partial charge is 0.339 e. The van der Waals surface area contributed by atoms with E-state index in [1.54, 1.807) is 19.1 Å².